The molecule has 0 spiro atoms. The minimum atomic E-state index is -4.00. The summed E-state index contributed by atoms with van der Waals surface area (Å²) in [5.74, 6) is -0.0783. The van der Waals surface area contributed by atoms with Crippen molar-refractivity contribution in [2.75, 3.05) is 18.9 Å². The Morgan fingerprint density at radius 3 is 1.93 bits per heavy atom. The molecule has 2 N–H and O–H groups in total. The Hall–Kier alpha value is -2.79. The third-order valence-corrected chi connectivity index (χ3v) is 6.64. The van der Waals surface area contributed by atoms with E-state index in [4.69, 9.17) is 9.47 Å². The lowest BCUT2D eigenvalue weighted by Crippen LogP contribution is -2.28. The Morgan fingerprint density at radius 2 is 1.43 bits per heavy atom. The number of aryl methyl sites for hydroxylation is 1. The first-order chi connectivity index (χ1) is 13.0. The molecule has 0 heterocycles. The number of carbonyl (C=O) groups excluding carboxylic acids is 1. The summed E-state index contributed by atoms with van der Waals surface area (Å²) in [4.78, 5) is 10.8. The van der Waals surface area contributed by atoms with Crippen LogP contribution >= 0.6 is 0 Å². The molecule has 0 saturated carbocycles. The standard InChI is InChI=1S/C17H20N2O7S2/c1-11-9-15(25-3)16(26-4)10-17(11)28(23,24)19-13-5-7-14(8-6-13)27(21,22)18-12(2)20/h5-10,19H,1-4H3,(H,18,20). The molecule has 0 radical (unpaired) electrons. The Kier molecular flexibility index (Phi) is 6.20. The summed E-state index contributed by atoms with van der Waals surface area (Å²) in [5, 5.41) is 0. The van der Waals surface area contributed by atoms with Crippen LogP contribution in [0.15, 0.2) is 46.2 Å². The van der Waals surface area contributed by atoms with E-state index in [0.29, 0.717) is 11.3 Å². The molecule has 2 aromatic rings. The van der Waals surface area contributed by atoms with Crippen molar-refractivity contribution in [3.8, 4) is 11.5 Å². The molecule has 9 nitrogen and oxygen atoms in total. The molecule has 2 rings (SSSR count). The molecular formula is C17H20N2O7S2. The molecule has 28 heavy (non-hydrogen) atoms. The van der Waals surface area contributed by atoms with E-state index in [9.17, 15) is 21.6 Å². The van der Waals surface area contributed by atoms with E-state index in [0.717, 1.165) is 6.92 Å². The van der Waals surface area contributed by atoms with Crippen molar-refractivity contribution in [1.29, 1.82) is 0 Å². The third kappa shape index (κ3) is 4.73. The van der Waals surface area contributed by atoms with Gasteiger partial charge in [-0.25, -0.2) is 21.6 Å². The molecule has 0 unspecified atom stereocenters. The van der Waals surface area contributed by atoms with Crippen LogP contribution in [-0.4, -0.2) is 37.0 Å². The predicted molar refractivity (Wildman–Crippen MR) is 103 cm³/mol. The SMILES string of the molecule is COc1cc(C)c(S(=O)(=O)Nc2ccc(S(=O)(=O)NC(C)=O)cc2)cc1OC. The van der Waals surface area contributed by atoms with Crippen LogP contribution in [0.5, 0.6) is 11.5 Å². The normalized spacial score (nSPS) is 11.6. The van der Waals surface area contributed by atoms with Gasteiger partial charge in [0.2, 0.25) is 5.91 Å². The smallest absolute Gasteiger partial charge is 0.264 e. The number of rotatable bonds is 7. The second-order valence-corrected chi connectivity index (χ2v) is 9.10. The highest BCUT2D eigenvalue weighted by atomic mass is 32.2. The van der Waals surface area contributed by atoms with Crippen LogP contribution in [0.2, 0.25) is 0 Å². The average Bonchev–Trinajstić information content (AvgIpc) is 2.60. The molecule has 0 fully saturated rings. The number of nitrogens with one attached hydrogen (secondary N) is 2. The summed E-state index contributed by atoms with van der Waals surface area (Å²) in [6.07, 6.45) is 0. The van der Waals surface area contributed by atoms with Gasteiger partial charge >= 0.3 is 0 Å². The molecule has 152 valence electrons. The first-order valence-corrected chi connectivity index (χ1v) is 10.9. The molecule has 2 aromatic carbocycles. The quantitative estimate of drug-likeness (QED) is 0.686. The van der Waals surface area contributed by atoms with Crippen molar-refractivity contribution in [2.24, 2.45) is 0 Å². The first kappa shape index (κ1) is 21.5. The first-order valence-electron chi connectivity index (χ1n) is 7.89. The topological polar surface area (TPSA) is 128 Å². The van der Waals surface area contributed by atoms with Crippen LogP contribution < -0.4 is 18.9 Å². The molecule has 0 bridgehead atoms. The van der Waals surface area contributed by atoms with Crippen molar-refractivity contribution < 1.29 is 31.1 Å². The summed E-state index contributed by atoms with van der Waals surface area (Å²) in [7, 11) is -5.14. The number of methoxy groups -OCH3 is 2. The van der Waals surface area contributed by atoms with E-state index in [1.165, 1.54) is 50.6 Å². The zero-order valence-corrected chi connectivity index (χ0v) is 17.3. The van der Waals surface area contributed by atoms with Gasteiger partial charge in [0.05, 0.1) is 24.0 Å². The lowest BCUT2D eigenvalue weighted by molar-refractivity contribution is -0.117. The molecule has 11 heteroatoms. The van der Waals surface area contributed by atoms with Crippen LogP contribution in [0.4, 0.5) is 5.69 Å². The Bertz CT molecular complexity index is 1090. The van der Waals surface area contributed by atoms with Gasteiger partial charge in [0.25, 0.3) is 20.0 Å². The maximum Gasteiger partial charge on any atom is 0.264 e. The number of carbonyl (C=O) groups is 1. The van der Waals surface area contributed by atoms with Gasteiger partial charge in [-0.15, -0.1) is 0 Å². The Labute approximate surface area is 163 Å². The molecule has 0 aliphatic rings. The lowest BCUT2D eigenvalue weighted by Gasteiger charge is -2.14. The highest BCUT2D eigenvalue weighted by molar-refractivity contribution is 7.92. The van der Waals surface area contributed by atoms with Crippen LogP contribution in [0, 0.1) is 6.92 Å². The van der Waals surface area contributed by atoms with Gasteiger partial charge in [-0.05, 0) is 42.8 Å². The number of hydrogen-bond donors (Lipinski definition) is 2. The van der Waals surface area contributed by atoms with E-state index in [1.54, 1.807) is 6.92 Å². The fourth-order valence-electron chi connectivity index (χ4n) is 2.41. The van der Waals surface area contributed by atoms with Crippen LogP contribution in [0.1, 0.15) is 12.5 Å². The molecule has 0 atom stereocenters. The second-order valence-electron chi connectivity index (χ2n) is 5.76. The minimum Gasteiger partial charge on any atom is -0.493 e. The van der Waals surface area contributed by atoms with E-state index >= 15 is 0 Å². The monoisotopic (exact) mass is 428 g/mol. The molecule has 0 aliphatic carbocycles. The number of hydrogen-bond acceptors (Lipinski definition) is 7. The maximum absolute atomic E-state index is 12.7. The van der Waals surface area contributed by atoms with Crippen LogP contribution in [0.25, 0.3) is 0 Å². The van der Waals surface area contributed by atoms with Gasteiger partial charge < -0.3 is 9.47 Å². The highest BCUT2D eigenvalue weighted by Gasteiger charge is 2.21. The predicted octanol–water partition coefficient (Wildman–Crippen LogP) is 1.64. The average molecular weight is 428 g/mol. The van der Waals surface area contributed by atoms with Gasteiger partial charge in [-0.1, -0.05) is 0 Å². The van der Waals surface area contributed by atoms with Crippen molar-refractivity contribution in [2.45, 2.75) is 23.6 Å². The summed E-state index contributed by atoms with van der Waals surface area (Å²) in [6, 6.07) is 7.81. The number of ether oxygens (including phenoxy) is 2. The summed E-state index contributed by atoms with van der Waals surface area (Å²) < 4.78 is 63.8. The summed E-state index contributed by atoms with van der Waals surface area (Å²) in [5.41, 5.74) is 0.589. The molecular weight excluding hydrogens is 408 g/mol. The molecule has 1 amide bonds. The molecule has 0 aromatic heterocycles. The third-order valence-electron chi connectivity index (χ3n) is 3.67. The second kappa shape index (κ2) is 8.07. The van der Waals surface area contributed by atoms with Crippen molar-refractivity contribution in [3.05, 3.63) is 42.0 Å². The van der Waals surface area contributed by atoms with Gasteiger partial charge in [0, 0.05) is 18.7 Å². The Balaban J connectivity index is 2.34. The van der Waals surface area contributed by atoms with E-state index in [-0.39, 0.29) is 21.2 Å². The van der Waals surface area contributed by atoms with Gasteiger partial charge in [-0.2, -0.15) is 0 Å². The number of benzene rings is 2. The van der Waals surface area contributed by atoms with Crippen LogP contribution in [-0.2, 0) is 24.8 Å². The Morgan fingerprint density at radius 1 is 0.893 bits per heavy atom. The fourth-order valence-corrected chi connectivity index (χ4v) is 4.70. The number of sulfonamides is 2. The minimum absolute atomic E-state index is 0.0138. The highest BCUT2D eigenvalue weighted by Crippen LogP contribution is 2.33. The summed E-state index contributed by atoms with van der Waals surface area (Å²) in [6.45, 7) is 2.69. The lowest BCUT2D eigenvalue weighted by atomic mass is 10.2. The maximum atomic E-state index is 12.7. The van der Waals surface area contributed by atoms with Crippen molar-refractivity contribution >= 4 is 31.6 Å². The fraction of sp³-hybridized carbons (Fsp3) is 0.235. The van der Waals surface area contributed by atoms with E-state index < -0.39 is 26.0 Å². The van der Waals surface area contributed by atoms with Gasteiger partial charge in [-0.3, -0.25) is 9.52 Å². The van der Waals surface area contributed by atoms with Crippen molar-refractivity contribution in [3.63, 3.8) is 0 Å². The molecule has 0 saturated heterocycles. The van der Waals surface area contributed by atoms with E-state index in [2.05, 4.69) is 4.72 Å². The van der Waals surface area contributed by atoms with Gasteiger partial charge in [0.1, 0.15) is 0 Å². The van der Waals surface area contributed by atoms with E-state index in [1.807, 2.05) is 4.72 Å². The zero-order valence-electron chi connectivity index (χ0n) is 15.6. The van der Waals surface area contributed by atoms with Gasteiger partial charge in [0.15, 0.2) is 11.5 Å². The summed E-state index contributed by atoms with van der Waals surface area (Å²) >= 11 is 0. The van der Waals surface area contributed by atoms with Crippen molar-refractivity contribution in [1.82, 2.24) is 4.72 Å². The number of amides is 1. The van der Waals surface area contributed by atoms with Crippen LogP contribution in [0.3, 0.4) is 0 Å². The molecule has 0 aliphatic heterocycles. The number of anilines is 1. The largest absolute Gasteiger partial charge is 0.493 e. The zero-order chi connectivity index (χ0) is 21.1.